The van der Waals surface area contributed by atoms with Crippen molar-refractivity contribution in [1.29, 1.82) is 0 Å². The van der Waals surface area contributed by atoms with Gasteiger partial charge in [-0.05, 0) is 32.0 Å². The van der Waals surface area contributed by atoms with Gasteiger partial charge in [-0.1, -0.05) is 6.07 Å². The van der Waals surface area contributed by atoms with Crippen molar-refractivity contribution in [2.45, 2.75) is 31.9 Å². The van der Waals surface area contributed by atoms with Gasteiger partial charge >= 0.3 is 0 Å². The minimum atomic E-state index is -0.513. The van der Waals surface area contributed by atoms with Crippen LogP contribution in [0.4, 0.5) is 0 Å². The summed E-state index contributed by atoms with van der Waals surface area (Å²) in [6, 6.07) is 4.14. The van der Waals surface area contributed by atoms with Crippen LogP contribution in [0.1, 0.15) is 31.4 Å². The van der Waals surface area contributed by atoms with Gasteiger partial charge in [0.25, 0.3) is 0 Å². The minimum Gasteiger partial charge on any atom is -0.390 e. The van der Waals surface area contributed by atoms with Crippen LogP contribution in [-0.4, -0.2) is 58.6 Å². The van der Waals surface area contributed by atoms with Crippen molar-refractivity contribution in [2.24, 2.45) is 0 Å². The number of likely N-dealkylation sites (N-methyl/N-ethyl adjacent to an activating group) is 1. The number of β-amino-alcohol motifs (C(OH)–C–C–N with tert-alkyl or cyclic N) is 1. The molecule has 20 heavy (non-hydrogen) atoms. The molecular weight excluding hydrogens is 254 g/mol. The number of carbonyl (C=O) groups excluding carboxylic acids is 1. The average molecular weight is 277 g/mol. The minimum absolute atomic E-state index is 0.159. The molecule has 0 aromatic carbocycles. The van der Waals surface area contributed by atoms with Gasteiger partial charge < -0.3 is 10.0 Å². The molecule has 0 aliphatic carbocycles. The summed E-state index contributed by atoms with van der Waals surface area (Å²) in [6.07, 6.45) is 4.62. The summed E-state index contributed by atoms with van der Waals surface area (Å²) in [4.78, 5) is 19.5. The summed E-state index contributed by atoms with van der Waals surface area (Å²) in [5.74, 6) is 0.159. The zero-order valence-electron chi connectivity index (χ0n) is 12.2. The van der Waals surface area contributed by atoms with E-state index in [1.165, 1.54) is 0 Å². The normalized spacial score (nSPS) is 18.6. The van der Waals surface area contributed by atoms with Crippen molar-refractivity contribution in [3.8, 4) is 0 Å². The smallest absolute Gasteiger partial charge is 0.222 e. The molecule has 2 atom stereocenters. The van der Waals surface area contributed by atoms with Crippen LogP contribution in [0, 0.1) is 0 Å². The van der Waals surface area contributed by atoms with Crippen molar-refractivity contribution >= 4 is 5.91 Å². The Balaban J connectivity index is 1.84. The molecule has 1 aromatic heterocycles. The second-order valence-electron chi connectivity index (χ2n) is 5.50. The van der Waals surface area contributed by atoms with E-state index in [9.17, 15) is 9.90 Å². The molecule has 0 spiro atoms. The number of aliphatic hydroxyl groups excluding tert-OH is 1. The first kappa shape index (κ1) is 14.9. The maximum absolute atomic E-state index is 11.5. The van der Waals surface area contributed by atoms with Gasteiger partial charge in [-0.15, -0.1) is 0 Å². The van der Waals surface area contributed by atoms with Gasteiger partial charge in [-0.25, -0.2) is 0 Å². The van der Waals surface area contributed by atoms with E-state index in [2.05, 4.69) is 16.8 Å². The molecule has 2 rings (SSSR count). The first-order chi connectivity index (χ1) is 9.58. The molecule has 1 amide bonds. The molecule has 5 nitrogen and oxygen atoms in total. The largest absolute Gasteiger partial charge is 0.390 e. The number of rotatable bonds is 6. The number of carbonyl (C=O) groups is 1. The molecule has 1 N–H and O–H groups in total. The number of aromatic nitrogens is 1. The number of hydrogen-bond donors (Lipinski definition) is 1. The third-order valence-electron chi connectivity index (χ3n) is 3.93. The average Bonchev–Trinajstić information content (AvgIpc) is 2.84. The van der Waals surface area contributed by atoms with Crippen molar-refractivity contribution in [2.75, 3.05) is 26.7 Å². The van der Waals surface area contributed by atoms with Crippen molar-refractivity contribution in [3.05, 3.63) is 30.1 Å². The number of hydrogen-bond acceptors (Lipinski definition) is 4. The monoisotopic (exact) mass is 277 g/mol. The predicted molar refractivity (Wildman–Crippen MR) is 77.1 cm³/mol. The highest BCUT2D eigenvalue weighted by atomic mass is 16.3. The Morgan fingerprint density at radius 1 is 1.55 bits per heavy atom. The van der Waals surface area contributed by atoms with E-state index < -0.39 is 6.10 Å². The maximum atomic E-state index is 11.5. The third-order valence-corrected chi connectivity index (χ3v) is 3.93. The van der Waals surface area contributed by atoms with E-state index in [-0.39, 0.29) is 11.9 Å². The molecule has 5 heteroatoms. The fraction of sp³-hybridized carbons (Fsp3) is 0.600. The van der Waals surface area contributed by atoms with Crippen LogP contribution >= 0.6 is 0 Å². The Labute approximate surface area is 120 Å². The summed E-state index contributed by atoms with van der Waals surface area (Å²) in [5.41, 5.74) is 1.12. The van der Waals surface area contributed by atoms with E-state index >= 15 is 0 Å². The van der Waals surface area contributed by atoms with E-state index in [1.54, 1.807) is 11.1 Å². The fourth-order valence-electron chi connectivity index (χ4n) is 2.58. The standard InChI is InChI=1S/C15H23N3O2/c1-12(13-5-3-7-16-9-13)17(2)10-14(19)11-18-8-4-6-15(18)20/h3,5,7,9,12,14,19H,4,6,8,10-11H2,1-2H3. The summed E-state index contributed by atoms with van der Waals surface area (Å²) in [5, 5.41) is 10.1. The molecule has 1 saturated heterocycles. The second kappa shape index (κ2) is 6.81. The first-order valence-corrected chi connectivity index (χ1v) is 7.14. The molecule has 0 radical (unpaired) electrons. The van der Waals surface area contributed by atoms with Gasteiger partial charge in [-0.3, -0.25) is 14.7 Å². The van der Waals surface area contributed by atoms with E-state index in [0.29, 0.717) is 19.5 Å². The molecule has 2 heterocycles. The number of pyridine rings is 1. The fourth-order valence-corrected chi connectivity index (χ4v) is 2.58. The lowest BCUT2D eigenvalue weighted by atomic mass is 10.1. The van der Waals surface area contributed by atoms with Crippen LogP contribution in [0.3, 0.4) is 0 Å². The van der Waals surface area contributed by atoms with Crippen LogP contribution in [0.25, 0.3) is 0 Å². The van der Waals surface area contributed by atoms with Gasteiger partial charge in [-0.2, -0.15) is 0 Å². The summed E-state index contributed by atoms with van der Waals surface area (Å²) in [6.45, 7) is 3.84. The number of nitrogens with zero attached hydrogens (tertiary/aromatic N) is 3. The highest BCUT2D eigenvalue weighted by Gasteiger charge is 2.24. The van der Waals surface area contributed by atoms with Crippen molar-refractivity contribution < 1.29 is 9.90 Å². The van der Waals surface area contributed by atoms with E-state index in [4.69, 9.17) is 0 Å². The van der Waals surface area contributed by atoms with Crippen LogP contribution in [0.2, 0.25) is 0 Å². The van der Waals surface area contributed by atoms with Gasteiger partial charge in [0.2, 0.25) is 5.91 Å². The zero-order valence-corrected chi connectivity index (χ0v) is 12.2. The van der Waals surface area contributed by atoms with Crippen molar-refractivity contribution in [1.82, 2.24) is 14.8 Å². The Hall–Kier alpha value is -1.46. The topological polar surface area (TPSA) is 56.7 Å². The first-order valence-electron chi connectivity index (χ1n) is 7.14. The molecule has 0 bridgehead atoms. The SMILES string of the molecule is CC(c1cccnc1)N(C)CC(O)CN1CCCC1=O. The second-order valence-corrected chi connectivity index (χ2v) is 5.50. The van der Waals surface area contributed by atoms with Crippen LogP contribution < -0.4 is 0 Å². The molecule has 2 unspecified atom stereocenters. The summed E-state index contributed by atoms with van der Waals surface area (Å²) < 4.78 is 0. The number of amides is 1. The Bertz CT molecular complexity index is 438. The molecular formula is C15H23N3O2. The number of aliphatic hydroxyl groups is 1. The highest BCUT2D eigenvalue weighted by molar-refractivity contribution is 5.78. The molecule has 1 aromatic rings. The quantitative estimate of drug-likeness (QED) is 0.844. The van der Waals surface area contributed by atoms with Gasteiger partial charge in [0, 0.05) is 44.5 Å². The van der Waals surface area contributed by atoms with Gasteiger partial charge in [0.1, 0.15) is 0 Å². The molecule has 1 aliphatic rings. The van der Waals surface area contributed by atoms with Gasteiger partial charge in [0.05, 0.1) is 6.10 Å². The van der Waals surface area contributed by atoms with Crippen LogP contribution in [0.15, 0.2) is 24.5 Å². The summed E-state index contributed by atoms with van der Waals surface area (Å²) in [7, 11) is 1.98. The van der Waals surface area contributed by atoms with Crippen molar-refractivity contribution in [3.63, 3.8) is 0 Å². The third kappa shape index (κ3) is 3.77. The number of likely N-dealkylation sites (tertiary alicyclic amines) is 1. The predicted octanol–water partition coefficient (Wildman–Crippen LogP) is 1.06. The van der Waals surface area contributed by atoms with Gasteiger partial charge in [0.15, 0.2) is 0 Å². The lowest BCUT2D eigenvalue weighted by Gasteiger charge is -2.28. The Morgan fingerprint density at radius 3 is 2.95 bits per heavy atom. The highest BCUT2D eigenvalue weighted by Crippen LogP contribution is 2.18. The Kier molecular flexibility index (Phi) is 5.09. The molecule has 1 aliphatic heterocycles. The lowest BCUT2D eigenvalue weighted by molar-refractivity contribution is -0.129. The zero-order chi connectivity index (χ0) is 14.5. The molecule has 110 valence electrons. The maximum Gasteiger partial charge on any atom is 0.222 e. The van der Waals surface area contributed by atoms with Crippen LogP contribution in [-0.2, 0) is 4.79 Å². The molecule has 0 saturated carbocycles. The van der Waals surface area contributed by atoms with E-state index in [1.807, 2.05) is 25.4 Å². The molecule has 1 fully saturated rings. The Morgan fingerprint density at radius 2 is 2.35 bits per heavy atom. The van der Waals surface area contributed by atoms with E-state index in [0.717, 1.165) is 18.5 Å². The van der Waals surface area contributed by atoms with Crippen LogP contribution in [0.5, 0.6) is 0 Å². The lowest BCUT2D eigenvalue weighted by Crippen LogP contribution is -2.40. The summed E-state index contributed by atoms with van der Waals surface area (Å²) >= 11 is 0.